The predicted octanol–water partition coefficient (Wildman–Crippen LogP) is 22.4. The Morgan fingerprint density at radius 1 is 0.317 bits per heavy atom. The third-order valence-corrected chi connectivity index (χ3v) is 14.1. The summed E-state index contributed by atoms with van der Waals surface area (Å²) in [5.74, 6) is 0.919. The molecule has 0 radical (unpaired) electrons. The second kappa shape index (κ2) is 57.3. The van der Waals surface area contributed by atoms with E-state index < -0.39 is 0 Å². The Hall–Kier alpha value is -0.790. The fourth-order valence-electron chi connectivity index (χ4n) is 9.62. The maximum Gasteiger partial charge on any atom is 0.305 e. The van der Waals surface area contributed by atoms with Gasteiger partial charge in [-0.25, -0.2) is 0 Å². The summed E-state index contributed by atoms with van der Waals surface area (Å²) < 4.78 is 5.50. The summed E-state index contributed by atoms with van der Waals surface area (Å²) in [6, 6.07) is 0. The molecule has 0 aromatic heterocycles. The summed E-state index contributed by atoms with van der Waals surface area (Å²) in [5.41, 5.74) is 0. The van der Waals surface area contributed by atoms with Crippen molar-refractivity contribution in [3.8, 4) is 0 Å². The third kappa shape index (κ3) is 59.2. The van der Waals surface area contributed by atoms with Crippen LogP contribution in [0.3, 0.4) is 0 Å². The molecule has 63 heavy (non-hydrogen) atoms. The molecule has 0 fully saturated rings. The SMILES string of the molecule is CCCCCCC=CCCCCCCCCCCCC(=O)OCCCCCCCCCCCCCCCCCCCCCCCCCCCCCCCCCCCCCCC(C)C. The van der Waals surface area contributed by atoms with Gasteiger partial charge in [-0.15, -0.1) is 0 Å². The number of rotatable bonds is 56. The lowest BCUT2D eigenvalue weighted by atomic mass is 10.0. The minimum Gasteiger partial charge on any atom is -0.466 e. The number of unbranched alkanes of at least 4 members (excludes halogenated alkanes) is 48. The summed E-state index contributed by atoms with van der Waals surface area (Å²) in [6.07, 6.45) is 78.4. The number of esters is 1. The van der Waals surface area contributed by atoms with E-state index in [1.165, 1.54) is 321 Å². The molecule has 0 saturated carbocycles. The molecule has 0 aliphatic carbocycles. The third-order valence-electron chi connectivity index (χ3n) is 14.1. The molecular formula is C61H120O2. The van der Waals surface area contributed by atoms with Gasteiger partial charge in [0.25, 0.3) is 0 Å². The highest BCUT2D eigenvalue weighted by Crippen LogP contribution is 2.19. The van der Waals surface area contributed by atoms with Gasteiger partial charge in [0.05, 0.1) is 6.61 Å². The van der Waals surface area contributed by atoms with E-state index in [9.17, 15) is 4.79 Å². The van der Waals surface area contributed by atoms with Crippen LogP contribution in [-0.2, 0) is 9.53 Å². The molecule has 0 rings (SSSR count). The molecule has 0 spiro atoms. The van der Waals surface area contributed by atoms with Crippen LogP contribution in [0.5, 0.6) is 0 Å². The van der Waals surface area contributed by atoms with Crippen molar-refractivity contribution in [1.82, 2.24) is 0 Å². The van der Waals surface area contributed by atoms with Crippen molar-refractivity contribution in [3.05, 3.63) is 12.2 Å². The van der Waals surface area contributed by atoms with Crippen LogP contribution in [0, 0.1) is 5.92 Å². The Balaban J connectivity index is 3.14. The Morgan fingerprint density at radius 2 is 0.556 bits per heavy atom. The van der Waals surface area contributed by atoms with Gasteiger partial charge < -0.3 is 4.74 Å². The molecule has 0 aromatic rings. The van der Waals surface area contributed by atoms with Crippen molar-refractivity contribution in [2.45, 2.75) is 361 Å². The maximum atomic E-state index is 12.1. The van der Waals surface area contributed by atoms with E-state index in [1.54, 1.807) is 0 Å². The minimum atomic E-state index is 0.0291. The molecule has 2 nitrogen and oxygen atoms in total. The predicted molar refractivity (Wildman–Crippen MR) is 285 cm³/mol. The number of allylic oxidation sites excluding steroid dienone is 2. The summed E-state index contributed by atoms with van der Waals surface area (Å²) in [5, 5.41) is 0. The van der Waals surface area contributed by atoms with Crippen LogP contribution in [0.15, 0.2) is 12.2 Å². The van der Waals surface area contributed by atoms with Gasteiger partial charge in [0.1, 0.15) is 0 Å². The summed E-state index contributed by atoms with van der Waals surface area (Å²) >= 11 is 0. The van der Waals surface area contributed by atoms with Crippen LogP contribution in [0.25, 0.3) is 0 Å². The molecule has 2 heteroatoms. The van der Waals surface area contributed by atoms with E-state index in [1.807, 2.05) is 0 Å². The van der Waals surface area contributed by atoms with Gasteiger partial charge in [-0.3, -0.25) is 4.79 Å². The standard InChI is InChI=1S/C61H120O2/c1-4-5-6-7-8-9-10-11-12-33-37-40-43-46-49-52-55-58-61(62)63-59-56-53-50-47-44-41-38-35-32-30-28-26-24-22-20-18-16-14-13-15-17-19-21-23-25-27-29-31-34-36-39-42-45-48-51-54-57-60(2)3/h9-10,60H,4-8,11-59H2,1-3H3. The molecule has 0 aliphatic rings. The van der Waals surface area contributed by atoms with E-state index in [0.29, 0.717) is 13.0 Å². The van der Waals surface area contributed by atoms with Crippen molar-refractivity contribution < 1.29 is 9.53 Å². The molecule has 0 aromatic carbocycles. The van der Waals surface area contributed by atoms with Crippen molar-refractivity contribution in [3.63, 3.8) is 0 Å². The number of ether oxygens (including phenoxy) is 1. The summed E-state index contributed by atoms with van der Waals surface area (Å²) in [6.45, 7) is 7.62. The zero-order valence-corrected chi connectivity index (χ0v) is 44.2. The van der Waals surface area contributed by atoms with Gasteiger partial charge in [-0.05, 0) is 44.4 Å². The van der Waals surface area contributed by atoms with Crippen molar-refractivity contribution in [2.24, 2.45) is 5.92 Å². The normalized spacial score (nSPS) is 11.8. The van der Waals surface area contributed by atoms with Crippen LogP contribution in [0.4, 0.5) is 0 Å². The first-order valence-electron chi connectivity index (χ1n) is 30.0. The molecule has 0 saturated heterocycles. The first kappa shape index (κ1) is 62.2. The van der Waals surface area contributed by atoms with Crippen LogP contribution in [-0.4, -0.2) is 12.6 Å². The highest BCUT2D eigenvalue weighted by atomic mass is 16.5. The molecule has 0 bridgehead atoms. The average Bonchev–Trinajstić information content (AvgIpc) is 3.28. The first-order chi connectivity index (χ1) is 31.2. The first-order valence-corrected chi connectivity index (χ1v) is 30.0. The molecule has 0 unspecified atom stereocenters. The monoisotopic (exact) mass is 885 g/mol. The van der Waals surface area contributed by atoms with Crippen LogP contribution < -0.4 is 0 Å². The molecular weight excluding hydrogens is 765 g/mol. The zero-order valence-electron chi connectivity index (χ0n) is 44.2. The van der Waals surface area contributed by atoms with E-state index in [4.69, 9.17) is 4.74 Å². The second-order valence-corrected chi connectivity index (χ2v) is 21.2. The molecule has 0 amide bonds. The van der Waals surface area contributed by atoms with Gasteiger partial charge >= 0.3 is 5.97 Å². The minimum absolute atomic E-state index is 0.0291. The fourth-order valence-corrected chi connectivity index (χ4v) is 9.62. The summed E-state index contributed by atoms with van der Waals surface area (Å²) in [7, 11) is 0. The largest absolute Gasteiger partial charge is 0.466 e. The number of carbonyl (C=O) groups is 1. The Kier molecular flexibility index (Phi) is 56.6. The number of hydrogen-bond acceptors (Lipinski definition) is 2. The van der Waals surface area contributed by atoms with Gasteiger partial charge in [-0.1, -0.05) is 328 Å². The van der Waals surface area contributed by atoms with E-state index in [-0.39, 0.29) is 5.97 Å². The lowest BCUT2D eigenvalue weighted by Gasteiger charge is -2.06. The topological polar surface area (TPSA) is 26.3 Å². The average molecular weight is 886 g/mol. The second-order valence-electron chi connectivity index (χ2n) is 21.2. The Bertz CT molecular complexity index is 846. The van der Waals surface area contributed by atoms with Crippen LogP contribution >= 0.6 is 0 Å². The van der Waals surface area contributed by atoms with E-state index in [2.05, 4.69) is 32.9 Å². The highest BCUT2D eigenvalue weighted by molar-refractivity contribution is 5.69. The van der Waals surface area contributed by atoms with Gasteiger partial charge in [0.15, 0.2) is 0 Å². The Labute approximate surface area is 399 Å². The quantitative estimate of drug-likeness (QED) is 0.0346. The van der Waals surface area contributed by atoms with Gasteiger partial charge in [0.2, 0.25) is 0 Å². The number of hydrogen-bond donors (Lipinski definition) is 0. The van der Waals surface area contributed by atoms with Gasteiger partial charge in [-0.2, -0.15) is 0 Å². The lowest BCUT2D eigenvalue weighted by Crippen LogP contribution is -2.05. The maximum absolute atomic E-state index is 12.1. The molecule has 0 aliphatic heterocycles. The van der Waals surface area contributed by atoms with Gasteiger partial charge in [0, 0.05) is 6.42 Å². The van der Waals surface area contributed by atoms with Crippen LogP contribution in [0.2, 0.25) is 0 Å². The highest BCUT2D eigenvalue weighted by Gasteiger charge is 2.03. The van der Waals surface area contributed by atoms with Crippen molar-refractivity contribution >= 4 is 5.97 Å². The van der Waals surface area contributed by atoms with Crippen LogP contribution in [0.1, 0.15) is 361 Å². The van der Waals surface area contributed by atoms with Crippen molar-refractivity contribution in [2.75, 3.05) is 6.61 Å². The molecule has 0 N–H and O–H groups in total. The molecule has 0 heterocycles. The molecule has 0 atom stereocenters. The fraction of sp³-hybridized carbons (Fsp3) is 0.951. The van der Waals surface area contributed by atoms with E-state index in [0.717, 1.165) is 18.8 Å². The summed E-state index contributed by atoms with van der Waals surface area (Å²) in [4.78, 5) is 12.1. The number of carbonyl (C=O) groups excluding carboxylic acids is 1. The van der Waals surface area contributed by atoms with E-state index >= 15 is 0 Å². The Morgan fingerprint density at radius 3 is 0.841 bits per heavy atom. The molecule has 376 valence electrons. The zero-order chi connectivity index (χ0) is 45.5. The smallest absolute Gasteiger partial charge is 0.305 e. The van der Waals surface area contributed by atoms with Crippen molar-refractivity contribution in [1.29, 1.82) is 0 Å². The lowest BCUT2D eigenvalue weighted by molar-refractivity contribution is -0.143.